The van der Waals surface area contributed by atoms with E-state index in [4.69, 9.17) is 0 Å². The summed E-state index contributed by atoms with van der Waals surface area (Å²) in [5.41, 5.74) is 4.91. The lowest BCUT2D eigenvalue weighted by molar-refractivity contribution is -0.115. The molecule has 4 rings (SSSR count). The zero-order valence-corrected chi connectivity index (χ0v) is 18.4. The van der Waals surface area contributed by atoms with Crippen molar-refractivity contribution < 1.29 is 4.79 Å². The number of aromatic nitrogens is 4. The highest BCUT2D eigenvalue weighted by molar-refractivity contribution is 8.00. The number of carbonyl (C=O) groups excluding carboxylic acids is 1. The minimum atomic E-state index is -0.362. The number of anilines is 1. The number of hydrogen-bond donors (Lipinski definition) is 1. The maximum Gasteiger partial charge on any atom is 0.237 e. The predicted molar refractivity (Wildman–Crippen MR) is 124 cm³/mol. The van der Waals surface area contributed by atoms with Crippen molar-refractivity contribution in [3.63, 3.8) is 0 Å². The molecule has 2 heterocycles. The summed E-state index contributed by atoms with van der Waals surface area (Å²) < 4.78 is 2.00. The quantitative estimate of drug-likeness (QED) is 0.434. The largest absolute Gasteiger partial charge is 0.325 e. The molecule has 1 unspecified atom stereocenters. The van der Waals surface area contributed by atoms with E-state index in [-0.39, 0.29) is 11.2 Å². The molecule has 0 aliphatic heterocycles. The van der Waals surface area contributed by atoms with E-state index in [0.29, 0.717) is 11.0 Å². The van der Waals surface area contributed by atoms with Crippen molar-refractivity contribution >= 4 is 23.4 Å². The van der Waals surface area contributed by atoms with Gasteiger partial charge in [0.25, 0.3) is 0 Å². The SMILES string of the molecule is Cc1ccc(NC(=O)C(C)Sc2nnc(-c3ccncc3)n2-c2ccccc2C)cc1. The lowest BCUT2D eigenvalue weighted by Gasteiger charge is -2.15. The van der Waals surface area contributed by atoms with Crippen LogP contribution in [-0.2, 0) is 4.79 Å². The molecule has 0 spiro atoms. The van der Waals surface area contributed by atoms with Crippen LogP contribution in [0.5, 0.6) is 0 Å². The van der Waals surface area contributed by atoms with Gasteiger partial charge in [-0.3, -0.25) is 14.3 Å². The van der Waals surface area contributed by atoms with Crippen LogP contribution in [-0.4, -0.2) is 30.9 Å². The summed E-state index contributed by atoms with van der Waals surface area (Å²) in [5.74, 6) is 0.629. The van der Waals surface area contributed by atoms with Gasteiger partial charge in [-0.2, -0.15) is 0 Å². The number of rotatable bonds is 6. The van der Waals surface area contributed by atoms with Crippen molar-refractivity contribution in [3.05, 3.63) is 84.2 Å². The first-order valence-electron chi connectivity index (χ1n) is 9.99. The number of hydrogen-bond acceptors (Lipinski definition) is 5. The topological polar surface area (TPSA) is 72.7 Å². The van der Waals surface area contributed by atoms with Gasteiger partial charge in [-0.25, -0.2) is 0 Å². The zero-order chi connectivity index (χ0) is 21.8. The number of nitrogens with one attached hydrogen (secondary N) is 1. The van der Waals surface area contributed by atoms with Crippen molar-refractivity contribution in [1.82, 2.24) is 19.7 Å². The normalized spacial score (nSPS) is 11.8. The highest BCUT2D eigenvalue weighted by atomic mass is 32.2. The molecule has 4 aromatic rings. The fourth-order valence-corrected chi connectivity index (χ4v) is 4.02. The predicted octanol–water partition coefficient (Wildman–Crippen LogP) is 5.07. The third kappa shape index (κ3) is 4.67. The highest BCUT2D eigenvalue weighted by Crippen LogP contribution is 2.31. The Morgan fingerprint density at radius 1 is 0.968 bits per heavy atom. The van der Waals surface area contributed by atoms with E-state index in [1.165, 1.54) is 11.8 Å². The Balaban J connectivity index is 1.65. The number of amides is 1. The minimum Gasteiger partial charge on any atom is -0.325 e. The second-order valence-electron chi connectivity index (χ2n) is 7.28. The van der Waals surface area contributed by atoms with Crippen LogP contribution in [0.4, 0.5) is 5.69 Å². The Labute approximate surface area is 185 Å². The molecule has 2 aromatic carbocycles. The van der Waals surface area contributed by atoms with Crippen LogP contribution >= 0.6 is 11.8 Å². The van der Waals surface area contributed by atoms with Crippen molar-refractivity contribution in [2.45, 2.75) is 31.2 Å². The molecule has 2 aromatic heterocycles. The van der Waals surface area contributed by atoms with E-state index in [0.717, 1.165) is 28.1 Å². The van der Waals surface area contributed by atoms with Gasteiger partial charge < -0.3 is 5.32 Å². The molecule has 0 bridgehead atoms. The fraction of sp³-hybridized carbons (Fsp3) is 0.167. The van der Waals surface area contributed by atoms with Gasteiger partial charge in [0.05, 0.1) is 10.9 Å². The van der Waals surface area contributed by atoms with Crippen LogP contribution in [0.15, 0.2) is 78.2 Å². The van der Waals surface area contributed by atoms with Gasteiger partial charge in [0.2, 0.25) is 5.91 Å². The first-order valence-corrected chi connectivity index (χ1v) is 10.9. The van der Waals surface area contributed by atoms with Gasteiger partial charge in [-0.1, -0.05) is 47.7 Å². The van der Waals surface area contributed by atoms with Crippen molar-refractivity contribution in [1.29, 1.82) is 0 Å². The van der Waals surface area contributed by atoms with Gasteiger partial charge in [0, 0.05) is 23.6 Å². The molecule has 6 nitrogen and oxygen atoms in total. The van der Waals surface area contributed by atoms with Crippen LogP contribution in [0.1, 0.15) is 18.1 Å². The minimum absolute atomic E-state index is 0.0846. The standard InChI is InChI=1S/C24H23N5OS/c1-16-8-10-20(11-9-16)26-23(30)18(3)31-24-28-27-22(19-12-14-25-15-13-19)29(24)21-7-5-4-6-17(21)2/h4-15,18H,1-3H3,(H,26,30). The maximum absolute atomic E-state index is 12.8. The lowest BCUT2D eigenvalue weighted by atomic mass is 10.2. The smallest absolute Gasteiger partial charge is 0.237 e. The van der Waals surface area contributed by atoms with Crippen molar-refractivity contribution in [2.75, 3.05) is 5.32 Å². The maximum atomic E-state index is 12.8. The monoisotopic (exact) mass is 429 g/mol. The van der Waals surface area contributed by atoms with Crippen LogP contribution in [0.2, 0.25) is 0 Å². The van der Waals surface area contributed by atoms with E-state index in [2.05, 4.69) is 20.5 Å². The first-order chi connectivity index (χ1) is 15.0. The summed E-state index contributed by atoms with van der Waals surface area (Å²) in [6, 6.07) is 19.6. The molecule has 0 fully saturated rings. The molecule has 0 radical (unpaired) electrons. The summed E-state index contributed by atoms with van der Waals surface area (Å²) in [7, 11) is 0. The van der Waals surface area contributed by atoms with E-state index in [9.17, 15) is 4.79 Å². The number of aryl methyl sites for hydroxylation is 2. The molecule has 1 amide bonds. The highest BCUT2D eigenvalue weighted by Gasteiger charge is 2.22. The van der Waals surface area contributed by atoms with Crippen LogP contribution < -0.4 is 5.32 Å². The molecule has 156 valence electrons. The molecule has 31 heavy (non-hydrogen) atoms. The van der Waals surface area contributed by atoms with Crippen molar-refractivity contribution in [3.8, 4) is 17.1 Å². The molecular formula is C24H23N5OS. The number of pyridine rings is 1. The zero-order valence-electron chi connectivity index (χ0n) is 17.6. The van der Waals surface area contributed by atoms with E-state index in [1.807, 2.05) is 86.0 Å². The average molecular weight is 430 g/mol. The molecule has 0 saturated heterocycles. The fourth-order valence-electron chi connectivity index (χ4n) is 3.16. The Morgan fingerprint density at radius 2 is 1.68 bits per heavy atom. The van der Waals surface area contributed by atoms with Gasteiger partial charge >= 0.3 is 0 Å². The van der Waals surface area contributed by atoms with Gasteiger partial charge in [0.15, 0.2) is 11.0 Å². The average Bonchev–Trinajstić information content (AvgIpc) is 3.19. The molecule has 1 atom stereocenters. The summed E-state index contributed by atoms with van der Waals surface area (Å²) >= 11 is 1.38. The van der Waals surface area contributed by atoms with E-state index in [1.54, 1.807) is 12.4 Å². The molecule has 1 N–H and O–H groups in total. The lowest BCUT2D eigenvalue weighted by Crippen LogP contribution is -2.22. The van der Waals surface area contributed by atoms with E-state index < -0.39 is 0 Å². The van der Waals surface area contributed by atoms with Gasteiger partial charge in [-0.05, 0) is 56.7 Å². The summed E-state index contributed by atoms with van der Waals surface area (Å²) in [4.78, 5) is 16.9. The molecular weight excluding hydrogens is 406 g/mol. The Hall–Kier alpha value is -3.45. The number of benzene rings is 2. The van der Waals surface area contributed by atoms with Gasteiger partial charge in [-0.15, -0.1) is 10.2 Å². The molecule has 0 aliphatic rings. The first kappa shape index (κ1) is 20.8. The summed E-state index contributed by atoms with van der Waals surface area (Å²) in [6.07, 6.45) is 3.47. The third-order valence-electron chi connectivity index (χ3n) is 4.90. The van der Waals surface area contributed by atoms with E-state index >= 15 is 0 Å². The van der Waals surface area contributed by atoms with Gasteiger partial charge in [0.1, 0.15) is 0 Å². The Morgan fingerprint density at radius 3 is 2.39 bits per heavy atom. The number of para-hydroxylation sites is 1. The Bertz CT molecular complexity index is 1190. The van der Waals surface area contributed by atoms with Crippen molar-refractivity contribution in [2.24, 2.45) is 0 Å². The number of carbonyl (C=O) groups is 1. The molecule has 0 saturated carbocycles. The summed E-state index contributed by atoms with van der Waals surface area (Å²) in [5, 5.41) is 12.1. The second kappa shape index (κ2) is 9.14. The number of thioether (sulfide) groups is 1. The second-order valence-corrected chi connectivity index (χ2v) is 8.59. The number of nitrogens with zero attached hydrogens (tertiary/aromatic N) is 4. The van der Waals surface area contributed by atoms with Crippen LogP contribution in [0.25, 0.3) is 17.1 Å². The van der Waals surface area contributed by atoms with Crippen LogP contribution in [0.3, 0.4) is 0 Å². The van der Waals surface area contributed by atoms with Crippen LogP contribution in [0, 0.1) is 13.8 Å². The third-order valence-corrected chi connectivity index (χ3v) is 5.94. The molecule has 0 aliphatic carbocycles. The molecule has 7 heteroatoms. The summed E-state index contributed by atoms with van der Waals surface area (Å²) in [6.45, 7) is 5.94. The Kier molecular flexibility index (Phi) is 6.13.